The molecule has 1 aliphatic carbocycles. The fourth-order valence-corrected chi connectivity index (χ4v) is 5.05. The van der Waals surface area contributed by atoms with Crippen molar-refractivity contribution >= 4 is 13.5 Å². The summed E-state index contributed by atoms with van der Waals surface area (Å²) in [7, 11) is -0.286. The van der Waals surface area contributed by atoms with Crippen molar-refractivity contribution in [2.45, 2.75) is 24.0 Å². The van der Waals surface area contributed by atoms with Gasteiger partial charge in [0.15, 0.2) is 0 Å². The monoisotopic (exact) mass is 281 g/mol. The third-order valence-electron chi connectivity index (χ3n) is 4.14. The summed E-state index contributed by atoms with van der Waals surface area (Å²) in [5.41, 5.74) is 1.42. The maximum atomic E-state index is 12.5. The molecule has 1 aromatic carbocycles. The Balaban J connectivity index is 2.01. The zero-order valence-electron chi connectivity index (χ0n) is 10.8. The van der Waals surface area contributed by atoms with Crippen LogP contribution in [0.25, 0.3) is 0 Å². The first-order valence-corrected chi connectivity index (χ1v) is 7.83. The predicted octanol–water partition coefficient (Wildman–Crippen LogP) is 2.14. The first-order valence-electron chi connectivity index (χ1n) is 6.21. The average molecular weight is 281 g/mol. The number of amides is 1. The van der Waals surface area contributed by atoms with E-state index in [1.807, 2.05) is 18.2 Å². The van der Waals surface area contributed by atoms with Crippen LogP contribution < -0.4 is 5.32 Å². The Morgan fingerprint density at radius 3 is 2.63 bits per heavy atom. The van der Waals surface area contributed by atoms with Gasteiger partial charge in [0.25, 0.3) is 5.91 Å². The van der Waals surface area contributed by atoms with Crippen molar-refractivity contribution in [3.05, 3.63) is 35.4 Å². The highest BCUT2D eigenvalue weighted by molar-refractivity contribution is 7.54. The Bertz CT molecular complexity index is 566. The number of benzene rings is 1. The zero-order chi connectivity index (χ0) is 13.6. The largest absolute Gasteiger partial charge is 0.349 e. The number of hydrogen-bond acceptors (Lipinski definition) is 4. The minimum Gasteiger partial charge on any atom is -0.349 e. The molecule has 3 rings (SSSR count). The van der Waals surface area contributed by atoms with Gasteiger partial charge in [0.05, 0.1) is 5.66 Å². The highest BCUT2D eigenvalue weighted by Gasteiger charge is 2.55. The van der Waals surface area contributed by atoms with Crippen LogP contribution in [0.15, 0.2) is 24.3 Å². The highest BCUT2D eigenvalue weighted by atomic mass is 31.2. The first kappa shape index (κ1) is 12.9. The Hall–Kier alpha value is -1.16. The van der Waals surface area contributed by atoms with E-state index < -0.39 is 7.60 Å². The summed E-state index contributed by atoms with van der Waals surface area (Å²) in [6.45, 7) is 0. The van der Waals surface area contributed by atoms with Crippen LogP contribution >= 0.6 is 7.60 Å². The lowest BCUT2D eigenvalue weighted by Crippen LogP contribution is -2.57. The van der Waals surface area contributed by atoms with Gasteiger partial charge in [-0.1, -0.05) is 18.2 Å². The van der Waals surface area contributed by atoms with Crippen molar-refractivity contribution in [2.24, 2.45) is 0 Å². The first-order chi connectivity index (χ1) is 9.10. The molecular formula is C13H16NO4P. The SMILES string of the molecule is COP(=O)(OC)[C@H]1C[C@@H]2NC(=O)c3ccccc3[C@@H]21. The van der Waals surface area contributed by atoms with Crippen LogP contribution in [0.3, 0.4) is 0 Å². The van der Waals surface area contributed by atoms with Gasteiger partial charge in [0.1, 0.15) is 0 Å². The molecule has 1 heterocycles. The topological polar surface area (TPSA) is 64.6 Å². The van der Waals surface area contributed by atoms with E-state index in [9.17, 15) is 9.36 Å². The molecule has 1 aromatic rings. The van der Waals surface area contributed by atoms with E-state index in [1.165, 1.54) is 14.2 Å². The van der Waals surface area contributed by atoms with Gasteiger partial charge in [0, 0.05) is 31.7 Å². The van der Waals surface area contributed by atoms with Crippen LogP contribution in [-0.4, -0.2) is 31.8 Å². The predicted molar refractivity (Wildman–Crippen MR) is 70.5 cm³/mol. The smallest absolute Gasteiger partial charge is 0.333 e. The molecule has 1 amide bonds. The number of rotatable bonds is 3. The molecule has 1 saturated carbocycles. The Morgan fingerprint density at radius 2 is 1.95 bits per heavy atom. The molecule has 1 aliphatic heterocycles. The van der Waals surface area contributed by atoms with Gasteiger partial charge in [-0.05, 0) is 18.1 Å². The molecule has 0 radical (unpaired) electrons. The lowest BCUT2D eigenvalue weighted by atomic mass is 9.70. The molecule has 0 aromatic heterocycles. The van der Waals surface area contributed by atoms with Crippen molar-refractivity contribution in [2.75, 3.05) is 14.2 Å². The summed E-state index contributed by atoms with van der Waals surface area (Å²) in [4.78, 5) is 11.9. The van der Waals surface area contributed by atoms with Gasteiger partial charge in [0.2, 0.25) is 0 Å². The van der Waals surface area contributed by atoms with Crippen LogP contribution in [0.2, 0.25) is 0 Å². The Morgan fingerprint density at radius 1 is 1.26 bits per heavy atom. The molecule has 2 aliphatic rings. The fourth-order valence-electron chi connectivity index (χ4n) is 3.11. The second kappa shape index (κ2) is 4.44. The van der Waals surface area contributed by atoms with E-state index in [1.54, 1.807) is 6.07 Å². The zero-order valence-corrected chi connectivity index (χ0v) is 11.7. The number of carbonyl (C=O) groups is 1. The average Bonchev–Trinajstić information content (AvgIpc) is 2.41. The third-order valence-corrected chi connectivity index (χ3v) is 6.50. The van der Waals surface area contributed by atoms with Crippen LogP contribution in [0, 0.1) is 0 Å². The number of nitrogens with one attached hydrogen (secondary N) is 1. The highest BCUT2D eigenvalue weighted by Crippen LogP contribution is 2.64. The van der Waals surface area contributed by atoms with Crippen molar-refractivity contribution in [3.8, 4) is 0 Å². The quantitative estimate of drug-likeness (QED) is 0.862. The van der Waals surface area contributed by atoms with E-state index in [0.717, 1.165) is 5.56 Å². The molecule has 6 heteroatoms. The molecule has 1 fully saturated rings. The van der Waals surface area contributed by atoms with E-state index in [0.29, 0.717) is 12.0 Å². The van der Waals surface area contributed by atoms with Crippen LogP contribution in [0.1, 0.15) is 28.3 Å². The molecule has 102 valence electrons. The van der Waals surface area contributed by atoms with Gasteiger partial charge < -0.3 is 14.4 Å². The summed E-state index contributed by atoms with van der Waals surface area (Å²) in [5, 5.41) is 2.95. The normalized spacial score (nSPS) is 28.9. The molecule has 3 atom stereocenters. The summed E-state index contributed by atoms with van der Waals surface area (Å²) in [6, 6.07) is 7.48. The van der Waals surface area contributed by atoms with Crippen molar-refractivity contribution in [1.29, 1.82) is 0 Å². The molecule has 0 unspecified atom stereocenters. The van der Waals surface area contributed by atoms with Gasteiger partial charge in [-0.25, -0.2) is 0 Å². The minimum atomic E-state index is -3.10. The molecular weight excluding hydrogens is 265 g/mol. The summed E-state index contributed by atoms with van der Waals surface area (Å²) < 4.78 is 22.7. The second-order valence-corrected chi connectivity index (χ2v) is 7.37. The van der Waals surface area contributed by atoms with Gasteiger partial charge >= 0.3 is 7.60 Å². The summed E-state index contributed by atoms with van der Waals surface area (Å²) in [6.07, 6.45) is 0.629. The third kappa shape index (κ3) is 1.76. The van der Waals surface area contributed by atoms with E-state index in [4.69, 9.17) is 9.05 Å². The van der Waals surface area contributed by atoms with Crippen LogP contribution in [0.4, 0.5) is 0 Å². The van der Waals surface area contributed by atoms with Gasteiger partial charge in [-0.15, -0.1) is 0 Å². The van der Waals surface area contributed by atoms with E-state index in [-0.39, 0.29) is 23.5 Å². The molecule has 0 bridgehead atoms. The van der Waals surface area contributed by atoms with Gasteiger partial charge in [-0.2, -0.15) is 0 Å². The van der Waals surface area contributed by atoms with Crippen molar-refractivity contribution in [3.63, 3.8) is 0 Å². The molecule has 5 nitrogen and oxygen atoms in total. The maximum Gasteiger partial charge on any atom is 0.333 e. The van der Waals surface area contributed by atoms with E-state index in [2.05, 4.69) is 5.32 Å². The Kier molecular flexibility index (Phi) is 3.01. The summed E-state index contributed by atoms with van der Waals surface area (Å²) >= 11 is 0. The standard InChI is InChI=1S/C13H16NO4P/c1-17-19(16,18-2)11-7-10-12(11)8-5-3-4-6-9(8)13(15)14-10/h3-6,10-12H,7H2,1-2H3,(H,14,15)/t10-,11-,12-/m0/s1. The lowest BCUT2D eigenvalue weighted by molar-refractivity contribution is 0.0868. The summed E-state index contributed by atoms with van der Waals surface area (Å²) in [5.74, 6) is -0.0420. The maximum absolute atomic E-state index is 12.5. The minimum absolute atomic E-state index is 0.0135. The van der Waals surface area contributed by atoms with E-state index >= 15 is 0 Å². The lowest BCUT2D eigenvalue weighted by Gasteiger charge is -2.49. The molecule has 1 N–H and O–H groups in total. The van der Waals surface area contributed by atoms with Crippen LogP contribution in [0.5, 0.6) is 0 Å². The number of fused-ring (bicyclic) bond motifs is 3. The number of hydrogen-bond donors (Lipinski definition) is 1. The molecule has 19 heavy (non-hydrogen) atoms. The van der Waals surface area contributed by atoms with Crippen molar-refractivity contribution in [1.82, 2.24) is 5.32 Å². The fraction of sp³-hybridized carbons (Fsp3) is 0.462. The molecule has 0 spiro atoms. The second-order valence-electron chi connectivity index (χ2n) is 4.90. The number of carbonyl (C=O) groups excluding carboxylic acids is 1. The van der Waals surface area contributed by atoms with Crippen molar-refractivity contribution < 1.29 is 18.4 Å². The van der Waals surface area contributed by atoms with Crippen LogP contribution in [-0.2, 0) is 13.6 Å². The molecule has 0 saturated heterocycles. The van der Waals surface area contributed by atoms with Gasteiger partial charge in [-0.3, -0.25) is 9.36 Å². The Labute approximate surface area is 111 Å².